The van der Waals surface area contributed by atoms with Crippen LogP contribution in [0.4, 0.5) is 15.9 Å². The van der Waals surface area contributed by atoms with E-state index in [0.717, 1.165) is 37.9 Å². The number of amides is 1. The number of anilines is 2. The lowest BCUT2D eigenvalue weighted by atomic mass is 9.86. The second-order valence-corrected chi connectivity index (χ2v) is 9.06. The molecule has 34 heavy (non-hydrogen) atoms. The first-order chi connectivity index (χ1) is 16.5. The van der Waals surface area contributed by atoms with E-state index in [4.69, 9.17) is 21.1 Å². The maximum atomic E-state index is 13.5. The van der Waals surface area contributed by atoms with Crippen LogP contribution in [-0.4, -0.2) is 60.7 Å². The lowest BCUT2D eigenvalue weighted by Gasteiger charge is -2.21. The van der Waals surface area contributed by atoms with Crippen LogP contribution in [0.1, 0.15) is 12.8 Å². The number of fused-ring (bicyclic) bond motifs is 1. The molecule has 0 saturated carbocycles. The molecule has 0 aliphatic carbocycles. The summed E-state index contributed by atoms with van der Waals surface area (Å²) in [4.78, 5) is 23.2. The van der Waals surface area contributed by atoms with Gasteiger partial charge in [-0.05, 0) is 43.7 Å². The summed E-state index contributed by atoms with van der Waals surface area (Å²) in [6.07, 6.45) is 3.23. The molecule has 3 heterocycles. The summed E-state index contributed by atoms with van der Waals surface area (Å²) >= 11 is 5.91. The Morgan fingerprint density at radius 1 is 1.24 bits per heavy atom. The molecule has 1 spiro atoms. The fourth-order valence-electron chi connectivity index (χ4n) is 4.69. The minimum Gasteiger partial charge on any atom is -0.493 e. The fourth-order valence-corrected chi connectivity index (χ4v) is 4.87. The van der Waals surface area contributed by atoms with E-state index in [1.54, 1.807) is 19.2 Å². The van der Waals surface area contributed by atoms with Crippen LogP contribution in [0.3, 0.4) is 0 Å². The van der Waals surface area contributed by atoms with Crippen LogP contribution in [-0.2, 0) is 4.79 Å². The third-order valence-electron chi connectivity index (χ3n) is 6.57. The number of carbonyl (C=O) groups is 1. The summed E-state index contributed by atoms with van der Waals surface area (Å²) in [5.41, 5.74) is 1.04. The number of hydrogen-bond donors (Lipinski definition) is 2. The molecule has 2 N–H and O–H groups in total. The zero-order valence-electron chi connectivity index (χ0n) is 18.7. The number of nitrogens with one attached hydrogen (secondary N) is 2. The molecule has 1 aromatic heterocycles. The summed E-state index contributed by atoms with van der Waals surface area (Å²) < 4.78 is 25.1. The molecule has 0 bridgehead atoms. The number of halogens is 2. The van der Waals surface area contributed by atoms with Crippen LogP contribution in [0.2, 0.25) is 5.02 Å². The van der Waals surface area contributed by atoms with E-state index in [1.165, 1.54) is 18.5 Å². The van der Waals surface area contributed by atoms with Crippen molar-refractivity contribution in [1.29, 1.82) is 0 Å². The van der Waals surface area contributed by atoms with Crippen LogP contribution in [0.15, 0.2) is 36.7 Å². The number of nitrogens with zero attached hydrogens (tertiary/aromatic N) is 3. The number of hydrogen-bond acceptors (Lipinski definition) is 7. The molecule has 5 rings (SSSR count). The quantitative estimate of drug-likeness (QED) is 0.526. The Labute approximate surface area is 201 Å². The molecule has 2 aromatic carbocycles. The summed E-state index contributed by atoms with van der Waals surface area (Å²) in [6.45, 7) is 3.57. The van der Waals surface area contributed by atoms with E-state index in [2.05, 4.69) is 25.5 Å². The van der Waals surface area contributed by atoms with Gasteiger partial charge in [0.15, 0.2) is 11.5 Å². The Balaban J connectivity index is 1.32. The summed E-state index contributed by atoms with van der Waals surface area (Å²) in [6, 6.07) is 8.01. The van der Waals surface area contributed by atoms with Crippen molar-refractivity contribution in [1.82, 2.24) is 20.2 Å². The van der Waals surface area contributed by atoms with Gasteiger partial charge in [0.1, 0.15) is 24.6 Å². The normalized spacial score (nSPS) is 20.1. The lowest BCUT2D eigenvalue weighted by molar-refractivity contribution is -0.127. The van der Waals surface area contributed by atoms with Crippen molar-refractivity contribution in [2.24, 2.45) is 5.41 Å². The monoisotopic (exact) mass is 485 g/mol. The first-order valence-corrected chi connectivity index (χ1v) is 11.5. The lowest BCUT2D eigenvalue weighted by Crippen LogP contribution is -2.35. The van der Waals surface area contributed by atoms with Crippen molar-refractivity contribution in [2.45, 2.75) is 12.8 Å². The topological polar surface area (TPSA) is 88.6 Å². The highest BCUT2D eigenvalue weighted by Crippen LogP contribution is 2.38. The average molecular weight is 486 g/mol. The Kier molecular flexibility index (Phi) is 6.14. The summed E-state index contributed by atoms with van der Waals surface area (Å²) in [5.74, 6) is 1.36. The van der Waals surface area contributed by atoms with E-state index in [1.807, 2.05) is 6.07 Å². The predicted molar refractivity (Wildman–Crippen MR) is 127 cm³/mol. The first kappa shape index (κ1) is 22.6. The fraction of sp³-hybridized carbons (Fsp3) is 0.375. The number of carbonyl (C=O) groups excluding carboxylic acids is 1. The Morgan fingerprint density at radius 2 is 2.12 bits per heavy atom. The molecule has 10 heteroatoms. The van der Waals surface area contributed by atoms with Gasteiger partial charge in [-0.25, -0.2) is 14.4 Å². The number of aromatic nitrogens is 2. The van der Waals surface area contributed by atoms with Gasteiger partial charge in [0, 0.05) is 36.8 Å². The maximum absolute atomic E-state index is 13.5. The van der Waals surface area contributed by atoms with E-state index in [0.29, 0.717) is 41.7 Å². The number of rotatable bonds is 7. The highest BCUT2D eigenvalue weighted by atomic mass is 35.5. The molecule has 8 nitrogen and oxygen atoms in total. The molecule has 2 saturated heterocycles. The Bertz CT molecular complexity index is 1240. The van der Waals surface area contributed by atoms with E-state index < -0.39 is 5.82 Å². The van der Waals surface area contributed by atoms with Crippen LogP contribution < -0.4 is 20.1 Å². The van der Waals surface area contributed by atoms with Crippen molar-refractivity contribution in [3.63, 3.8) is 0 Å². The molecular weight excluding hydrogens is 461 g/mol. The number of likely N-dealkylation sites (tertiary alicyclic amines) is 1. The number of methoxy groups -OCH3 is 1. The van der Waals surface area contributed by atoms with Gasteiger partial charge >= 0.3 is 0 Å². The van der Waals surface area contributed by atoms with Crippen molar-refractivity contribution in [3.05, 3.63) is 47.5 Å². The predicted octanol–water partition coefficient (Wildman–Crippen LogP) is 3.77. The van der Waals surface area contributed by atoms with Gasteiger partial charge in [-0.3, -0.25) is 9.69 Å². The second-order valence-electron chi connectivity index (χ2n) is 8.66. The van der Waals surface area contributed by atoms with Gasteiger partial charge in [-0.15, -0.1) is 0 Å². The SMILES string of the molecule is COc1cc2ncnc(Nc3ccc(F)c(Cl)c3)c2cc1OCCN1CCC2(CCNC2=O)C1. The summed E-state index contributed by atoms with van der Waals surface area (Å²) in [7, 11) is 1.58. The molecule has 1 amide bonds. The van der Waals surface area contributed by atoms with Crippen molar-refractivity contribution in [2.75, 3.05) is 45.2 Å². The molecular formula is C24H25ClFN5O3. The molecule has 1 atom stereocenters. The van der Waals surface area contributed by atoms with Crippen LogP contribution in [0, 0.1) is 11.2 Å². The van der Waals surface area contributed by atoms with Gasteiger partial charge in [0.05, 0.1) is 23.1 Å². The highest BCUT2D eigenvalue weighted by Gasteiger charge is 2.47. The van der Waals surface area contributed by atoms with Crippen molar-refractivity contribution in [3.8, 4) is 11.5 Å². The van der Waals surface area contributed by atoms with E-state index >= 15 is 0 Å². The Hall–Kier alpha value is -3.17. The highest BCUT2D eigenvalue weighted by molar-refractivity contribution is 6.31. The molecule has 1 unspecified atom stereocenters. The molecule has 0 radical (unpaired) electrons. The number of ether oxygens (including phenoxy) is 2. The second kappa shape index (κ2) is 9.23. The van der Waals surface area contributed by atoms with Gasteiger partial charge in [-0.1, -0.05) is 11.6 Å². The largest absolute Gasteiger partial charge is 0.493 e. The average Bonchev–Trinajstić information content (AvgIpc) is 3.41. The van der Waals surface area contributed by atoms with Crippen molar-refractivity contribution < 1.29 is 18.7 Å². The van der Waals surface area contributed by atoms with Gasteiger partial charge in [0.2, 0.25) is 5.91 Å². The zero-order chi connectivity index (χ0) is 23.7. The van der Waals surface area contributed by atoms with Gasteiger partial charge in [0.25, 0.3) is 0 Å². The van der Waals surface area contributed by atoms with Gasteiger partial charge < -0.3 is 20.1 Å². The van der Waals surface area contributed by atoms with E-state index in [9.17, 15) is 9.18 Å². The van der Waals surface area contributed by atoms with Crippen molar-refractivity contribution >= 4 is 39.9 Å². The zero-order valence-corrected chi connectivity index (χ0v) is 19.5. The number of benzene rings is 2. The minimum absolute atomic E-state index is 0.0211. The standard InChI is InChI=1S/C24H25ClFN5O3/c1-33-20-12-19-16(22(29-14-28-19)30-15-2-3-18(26)17(25)10-15)11-21(20)34-9-8-31-7-5-24(13-31)4-6-27-23(24)32/h2-3,10-12,14H,4-9,13H2,1H3,(H,27,32)(H,28,29,30). The molecule has 2 aliphatic heterocycles. The smallest absolute Gasteiger partial charge is 0.227 e. The molecule has 178 valence electrons. The van der Waals surface area contributed by atoms with Crippen LogP contribution in [0.25, 0.3) is 10.9 Å². The third kappa shape index (κ3) is 4.33. The molecule has 3 aromatic rings. The van der Waals surface area contributed by atoms with Crippen LogP contribution in [0.5, 0.6) is 11.5 Å². The Morgan fingerprint density at radius 3 is 2.88 bits per heavy atom. The molecule has 2 fully saturated rings. The van der Waals surface area contributed by atoms with E-state index in [-0.39, 0.29) is 16.3 Å². The third-order valence-corrected chi connectivity index (χ3v) is 6.86. The molecule has 2 aliphatic rings. The maximum Gasteiger partial charge on any atom is 0.227 e. The summed E-state index contributed by atoms with van der Waals surface area (Å²) in [5, 5.41) is 6.87. The van der Waals surface area contributed by atoms with Gasteiger partial charge in [-0.2, -0.15) is 0 Å². The minimum atomic E-state index is -0.488. The first-order valence-electron chi connectivity index (χ1n) is 11.2. The van der Waals surface area contributed by atoms with Crippen LogP contribution >= 0.6 is 11.6 Å².